The van der Waals surface area contributed by atoms with Gasteiger partial charge >= 0.3 is 0 Å². The summed E-state index contributed by atoms with van der Waals surface area (Å²) in [7, 11) is -2.30. The number of anilines is 1. The number of amides is 2. The third kappa shape index (κ3) is 6.69. The molecule has 2 aromatic rings. The van der Waals surface area contributed by atoms with Crippen LogP contribution in [0.4, 0.5) is 5.69 Å². The lowest BCUT2D eigenvalue weighted by atomic mass is 10.1. The van der Waals surface area contributed by atoms with E-state index in [2.05, 4.69) is 5.32 Å². The number of sulfonamides is 1. The summed E-state index contributed by atoms with van der Waals surface area (Å²) in [6.45, 7) is 2.03. The minimum atomic E-state index is -3.85. The normalized spacial score (nSPS) is 16.0. The number of carbonyl (C=O) groups is 2. The minimum Gasteiger partial charge on any atom is -0.497 e. The Labute approximate surface area is 223 Å². The summed E-state index contributed by atoms with van der Waals surface area (Å²) in [6.07, 6.45) is 4.98. The highest BCUT2D eigenvalue weighted by molar-refractivity contribution is 7.92. The molecule has 0 spiro atoms. The molecule has 1 heterocycles. The first-order valence-electron chi connectivity index (χ1n) is 12.8. The highest BCUT2D eigenvalue weighted by Crippen LogP contribution is 2.34. The third-order valence-corrected chi connectivity index (χ3v) is 7.99. The van der Waals surface area contributed by atoms with Gasteiger partial charge in [0.1, 0.15) is 31.5 Å². The number of methoxy groups -OCH3 is 1. The van der Waals surface area contributed by atoms with Crippen LogP contribution in [0.1, 0.15) is 38.2 Å². The average molecular weight is 546 g/mol. The quantitative estimate of drug-likeness (QED) is 0.488. The molecular weight excluding hydrogens is 510 g/mol. The van der Waals surface area contributed by atoms with Gasteiger partial charge in [-0.15, -0.1) is 0 Å². The first-order valence-corrected chi connectivity index (χ1v) is 14.6. The van der Waals surface area contributed by atoms with Crippen LogP contribution in [0.25, 0.3) is 0 Å². The van der Waals surface area contributed by atoms with Gasteiger partial charge in [-0.1, -0.05) is 25.0 Å². The van der Waals surface area contributed by atoms with Gasteiger partial charge in [-0.2, -0.15) is 0 Å². The summed E-state index contributed by atoms with van der Waals surface area (Å²) in [5.74, 6) is 0.761. The maximum atomic E-state index is 13.8. The fourth-order valence-corrected chi connectivity index (χ4v) is 5.58. The lowest BCUT2D eigenvalue weighted by Crippen LogP contribution is -2.52. The number of hydrogen-bond donors (Lipinski definition) is 1. The topological polar surface area (TPSA) is 114 Å². The van der Waals surface area contributed by atoms with Crippen molar-refractivity contribution in [2.75, 3.05) is 37.4 Å². The summed E-state index contributed by atoms with van der Waals surface area (Å²) < 4.78 is 43.1. The molecule has 11 heteroatoms. The molecule has 0 aromatic heterocycles. The highest BCUT2D eigenvalue weighted by atomic mass is 32.2. The third-order valence-electron chi connectivity index (χ3n) is 6.85. The number of hydrogen-bond acceptors (Lipinski definition) is 7. The van der Waals surface area contributed by atoms with Gasteiger partial charge in [0.05, 0.1) is 19.1 Å². The number of rotatable bonds is 10. The van der Waals surface area contributed by atoms with E-state index < -0.39 is 28.5 Å². The average Bonchev–Trinajstić information content (AvgIpc) is 3.42. The van der Waals surface area contributed by atoms with Gasteiger partial charge in [-0.05, 0) is 49.6 Å². The van der Waals surface area contributed by atoms with E-state index >= 15 is 0 Å². The van der Waals surface area contributed by atoms with Gasteiger partial charge < -0.3 is 24.4 Å². The molecule has 2 aromatic carbocycles. The maximum Gasteiger partial charge on any atom is 0.244 e. The Bertz CT molecular complexity index is 1260. The summed E-state index contributed by atoms with van der Waals surface area (Å²) in [4.78, 5) is 28.3. The molecule has 10 nitrogen and oxygen atoms in total. The van der Waals surface area contributed by atoms with Crippen molar-refractivity contribution in [3.8, 4) is 17.2 Å². The Hall–Kier alpha value is -3.47. The van der Waals surface area contributed by atoms with Crippen molar-refractivity contribution in [3.05, 3.63) is 48.0 Å². The molecule has 1 unspecified atom stereocenters. The van der Waals surface area contributed by atoms with E-state index in [0.717, 1.165) is 41.8 Å². The maximum absolute atomic E-state index is 13.8. The largest absolute Gasteiger partial charge is 0.497 e. The molecule has 0 bridgehead atoms. The molecule has 1 N–H and O–H groups in total. The zero-order valence-corrected chi connectivity index (χ0v) is 22.8. The molecule has 0 radical (unpaired) electrons. The Kier molecular flexibility index (Phi) is 8.65. The first-order chi connectivity index (χ1) is 18.2. The van der Waals surface area contributed by atoms with Crippen LogP contribution in [0.15, 0.2) is 42.5 Å². The molecule has 1 saturated carbocycles. The smallest absolute Gasteiger partial charge is 0.244 e. The Balaban J connectivity index is 1.61. The van der Waals surface area contributed by atoms with Crippen LogP contribution in [0, 0.1) is 0 Å². The molecule has 206 valence electrons. The SMILES string of the molecule is COc1cccc(CN(C(=O)CN(c2ccc3c(c2)OCCO3)S(C)(=O)=O)C(C)C(=O)NC2CCCC2)c1. The van der Waals surface area contributed by atoms with Crippen molar-refractivity contribution in [2.24, 2.45) is 0 Å². The van der Waals surface area contributed by atoms with Gasteiger partial charge in [0.2, 0.25) is 21.8 Å². The zero-order valence-electron chi connectivity index (χ0n) is 22.0. The van der Waals surface area contributed by atoms with Gasteiger partial charge in [0, 0.05) is 18.7 Å². The second-order valence-corrected chi connectivity index (χ2v) is 11.5. The zero-order chi connectivity index (χ0) is 27.3. The predicted octanol–water partition coefficient (Wildman–Crippen LogP) is 2.71. The van der Waals surface area contributed by atoms with Crippen LogP contribution >= 0.6 is 0 Å². The minimum absolute atomic E-state index is 0.0870. The molecule has 2 amide bonds. The number of ether oxygens (including phenoxy) is 3. The number of carbonyl (C=O) groups excluding carboxylic acids is 2. The molecular formula is C27H35N3O7S. The monoisotopic (exact) mass is 545 g/mol. The van der Waals surface area contributed by atoms with E-state index in [1.54, 1.807) is 50.4 Å². The van der Waals surface area contributed by atoms with Crippen molar-refractivity contribution in [3.63, 3.8) is 0 Å². The lowest BCUT2D eigenvalue weighted by Gasteiger charge is -2.32. The Morgan fingerprint density at radius 3 is 2.47 bits per heavy atom. The molecule has 1 aliphatic heterocycles. The molecule has 0 saturated heterocycles. The Morgan fingerprint density at radius 1 is 1.08 bits per heavy atom. The van der Waals surface area contributed by atoms with Crippen molar-refractivity contribution >= 4 is 27.5 Å². The van der Waals surface area contributed by atoms with Gasteiger partial charge in [0.25, 0.3) is 0 Å². The Morgan fingerprint density at radius 2 is 1.79 bits per heavy atom. The van der Waals surface area contributed by atoms with E-state index in [0.29, 0.717) is 30.5 Å². The van der Waals surface area contributed by atoms with E-state index in [1.807, 2.05) is 6.07 Å². The molecule has 1 aliphatic carbocycles. The fourth-order valence-electron chi connectivity index (χ4n) is 4.74. The van der Waals surface area contributed by atoms with Gasteiger partial charge in [0.15, 0.2) is 11.5 Å². The second-order valence-electron chi connectivity index (χ2n) is 9.64. The number of nitrogens with zero attached hydrogens (tertiary/aromatic N) is 2. The van der Waals surface area contributed by atoms with E-state index in [4.69, 9.17) is 14.2 Å². The summed E-state index contributed by atoms with van der Waals surface area (Å²) >= 11 is 0. The molecule has 4 rings (SSSR count). The lowest BCUT2D eigenvalue weighted by molar-refractivity contribution is -0.139. The van der Waals surface area contributed by atoms with Gasteiger partial charge in [-0.3, -0.25) is 13.9 Å². The fraction of sp³-hybridized carbons (Fsp3) is 0.481. The van der Waals surface area contributed by atoms with Crippen molar-refractivity contribution in [1.29, 1.82) is 0 Å². The number of nitrogens with one attached hydrogen (secondary N) is 1. The van der Waals surface area contributed by atoms with Crippen LogP contribution in [0.2, 0.25) is 0 Å². The summed E-state index contributed by atoms with van der Waals surface area (Å²) in [5, 5.41) is 3.05. The van der Waals surface area contributed by atoms with E-state index in [-0.39, 0.29) is 24.2 Å². The van der Waals surface area contributed by atoms with Crippen LogP contribution in [0.3, 0.4) is 0 Å². The van der Waals surface area contributed by atoms with Gasteiger partial charge in [-0.25, -0.2) is 8.42 Å². The van der Waals surface area contributed by atoms with Crippen LogP contribution in [-0.2, 0) is 26.2 Å². The second kappa shape index (κ2) is 11.9. The standard InChI is InChI=1S/C27H35N3O7S/c1-19(27(32)28-21-8-4-5-9-21)29(17-20-7-6-10-23(15-20)35-2)26(31)18-30(38(3,33)34)22-11-12-24-25(16-22)37-14-13-36-24/h6-7,10-12,15-16,19,21H,4-5,8-9,13-14,17-18H2,1-3H3,(H,28,32). The molecule has 38 heavy (non-hydrogen) atoms. The van der Waals surface area contributed by atoms with Crippen LogP contribution in [-0.4, -0.2) is 70.3 Å². The molecule has 1 fully saturated rings. The number of fused-ring (bicyclic) bond motifs is 1. The predicted molar refractivity (Wildman–Crippen MR) is 143 cm³/mol. The van der Waals surface area contributed by atoms with Crippen molar-refractivity contribution in [2.45, 2.75) is 51.2 Å². The van der Waals surface area contributed by atoms with Crippen LogP contribution in [0.5, 0.6) is 17.2 Å². The highest BCUT2D eigenvalue weighted by Gasteiger charge is 2.32. The van der Waals surface area contributed by atoms with E-state index in [9.17, 15) is 18.0 Å². The summed E-state index contributed by atoms with van der Waals surface area (Å²) in [6, 6.07) is 11.2. The van der Waals surface area contributed by atoms with Crippen LogP contribution < -0.4 is 23.8 Å². The first kappa shape index (κ1) is 27.6. The van der Waals surface area contributed by atoms with Crippen molar-refractivity contribution < 1.29 is 32.2 Å². The molecule has 2 aliphatic rings. The van der Waals surface area contributed by atoms with E-state index in [1.165, 1.54) is 4.90 Å². The molecule has 1 atom stereocenters. The number of benzene rings is 2. The summed E-state index contributed by atoms with van der Waals surface area (Å²) in [5.41, 5.74) is 1.03. The van der Waals surface area contributed by atoms with Crippen molar-refractivity contribution in [1.82, 2.24) is 10.2 Å².